The minimum Gasteiger partial charge on any atom is -1.00 e. The smallest absolute Gasteiger partial charge is 0.307 e. The maximum Gasteiger partial charge on any atom is 0.307 e. The van der Waals surface area contributed by atoms with Crippen LogP contribution in [-0.4, -0.2) is 74.0 Å². The first-order chi connectivity index (χ1) is 29.3. The zero-order chi connectivity index (χ0) is 45.9. The molecule has 3 fully saturated rings. The maximum absolute atomic E-state index is 11.9. The maximum atomic E-state index is 11.9. The number of ketones is 2. The minimum absolute atomic E-state index is 0. The van der Waals surface area contributed by atoms with Crippen molar-refractivity contribution in [2.24, 2.45) is 11.8 Å². The van der Waals surface area contributed by atoms with Crippen molar-refractivity contribution in [3.8, 4) is 0 Å². The summed E-state index contributed by atoms with van der Waals surface area (Å²) in [6, 6.07) is 18.1. The SMILES string of the molecule is Nc1ccc(CC(=O)CC2CCC(=O)NC2=O)cc1.O=C(Cc1ccc([N+](=O)[O-])cc1)CC1CCC(=O)NC1=O.O=C(O)Cc1ccc([N+](=O)[O-])cc1.[Cl-].[NH3+]C1CCC(=O)NC1=O. The first-order valence-corrected chi connectivity index (χ1v) is 19.2. The number of aliphatic carboxylic acids is 1. The average Bonchev–Trinajstić information content (AvgIpc) is 3.20. The predicted molar refractivity (Wildman–Crippen MR) is 216 cm³/mol. The fraction of sp³-hybridized carbons (Fsp3) is 0.341. The van der Waals surface area contributed by atoms with E-state index in [1.54, 1.807) is 24.3 Å². The number of hydrogen-bond donors (Lipinski definition) is 6. The fourth-order valence-electron chi connectivity index (χ4n) is 6.04. The van der Waals surface area contributed by atoms with Gasteiger partial charge in [0.1, 0.15) is 11.6 Å². The van der Waals surface area contributed by atoms with Gasteiger partial charge in [-0.05, 0) is 41.7 Å². The number of nitrogens with zero attached hydrogens (tertiary/aromatic N) is 2. The van der Waals surface area contributed by atoms with Crippen molar-refractivity contribution >= 4 is 70.0 Å². The molecule has 0 radical (unpaired) electrons. The van der Waals surface area contributed by atoms with Crippen molar-refractivity contribution in [3.63, 3.8) is 0 Å². The van der Waals surface area contributed by atoms with E-state index in [4.69, 9.17) is 10.8 Å². The zero-order valence-electron chi connectivity index (χ0n) is 33.7. The number of benzene rings is 3. The summed E-state index contributed by atoms with van der Waals surface area (Å²) in [4.78, 5) is 120. The van der Waals surface area contributed by atoms with Crippen molar-refractivity contribution < 1.29 is 76.2 Å². The number of carbonyl (C=O) groups is 9. The van der Waals surface area contributed by atoms with Gasteiger partial charge in [0.2, 0.25) is 29.5 Å². The van der Waals surface area contributed by atoms with Gasteiger partial charge < -0.3 is 29.0 Å². The van der Waals surface area contributed by atoms with Crippen LogP contribution in [0.15, 0.2) is 72.8 Å². The minimum atomic E-state index is -0.950. The van der Waals surface area contributed by atoms with Crippen molar-refractivity contribution in [3.05, 3.63) is 110 Å². The lowest BCUT2D eigenvalue weighted by Gasteiger charge is -2.19. The van der Waals surface area contributed by atoms with Crippen molar-refractivity contribution in [2.45, 2.75) is 76.7 Å². The van der Waals surface area contributed by atoms with Crippen LogP contribution in [-0.2, 0) is 62.4 Å². The number of hydrogen-bond acceptors (Lipinski definition) is 14. The molecule has 0 aliphatic carbocycles. The molecule has 3 saturated heterocycles. The predicted octanol–water partition coefficient (Wildman–Crippen LogP) is -1.77. The first kappa shape index (κ1) is 51.9. The third-order valence-corrected chi connectivity index (χ3v) is 9.44. The van der Waals surface area contributed by atoms with Crippen molar-refractivity contribution in [1.29, 1.82) is 0 Å². The van der Waals surface area contributed by atoms with E-state index < -0.39 is 27.6 Å². The van der Waals surface area contributed by atoms with Crippen LogP contribution < -0.4 is 39.8 Å². The molecule has 63 heavy (non-hydrogen) atoms. The zero-order valence-corrected chi connectivity index (χ0v) is 34.5. The Kier molecular flexibility index (Phi) is 21.0. The number of nitrogen functional groups attached to an aromatic ring is 1. The molecule has 6 amide bonds. The lowest BCUT2D eigenvalue weighted by Crippen LogP contribution is -3.00. The van der Waals surface area contributed by atoms with Crippen LogP contribution in [0.3, 0.4) is 0 Å². The number of nitro groups is 2. The van der Waals surface area contributed by atoms with Crippen LogP contribution in [0.25, 0.3) is 0 Å². The van der Waals surface area contributed by atoms with Gasteiger partial charge in [0, 0.05) is 93.2 Å². The van der Waals surface area contributed by atoms with Crippen LogP contribution in [0, 0.1) is 32.1 Å². The number of nitrogens with two attached hydrogens (primary N) is 1. The number of rotatable bonds is 12. The summed E-state index contributed by atoms with van der Waals surface area (Å²) < 4.78 is 0. The number of piperidine rings is 3. The molecular weight excluding hydrogens is 850 g/mol. The number of imide groups is 3. The molecule has 0 aromatic heterocycles. The standard InChI is InChI=1S/C14H14N2O5.C14H16N2O3.C8H7NO4.C5H8N2O2.ClH/c17-12(8-10-3-6-13(18)15-14(10)19)7-9-1-4-11(5-2-9)16(20)21;15-11-4-1-9(2-5-11)7-12(17)8-10-3-6-13(18)16-14(10)19;10-8(11)5-6-1-3-7(4-2-6)9(12)13;6-3-1-2-4(8)7-5(3)9;/h1-2,4-5,10H,3,6-8H2,(H,15,18,19);1-2,4-5,10H,3,6-8,15H2,(H,16,18,19);1-4H,5H2,(H,10,11);3H,1-2,6H2,(H,7,8,9);1H. The van der Waals surface area contributed by atoms with E-state index in [9.17, 15) is 63.4 Å². The molecule has 3 aromatic carbocycles. The summed E-state index contributed by atoms with van der Waals surface area (Å²) in [6.07, 6.45) is 2.98. The largest absolute Gasteiger partial charge is 1.00 e. The van der Waals surface area contributed by atoms with E-state index in [-0.39, 0.29) is 115 Å². The van der Waals surface area contributed by atoms with E-state index in [2.05, 4.69) is 21.7 Å². The van der Waals surface area contributed by atoms with Gasteiger partial charge in [0.05, 0.1) is 16.3 Å². The highest BCUT2D eigenvalue weighted by Gasteiger charge is 2.29. The topological polar surface area (TPSA) is 350 Å². The Morgan fingerprint density at radius 1 is 0.587 bits per heavy atom. The normalized spacial score (nSPS) is 17.8. The number of carboxylic acids is 1. The highest BCUT2D eigenvalue weighted by molar-refractivity contribution is 6.01. The molecule has 3 unspecified atom stereocenters. The van der Waals surface area contributed by atoms with Crippen LogP contribution >= 0.6 is 0 Å². The number of quaternary nitrogens is 1. The Balaban J connectivity index is 0.000000300. The summed E-state index contributed by atoms with van der Waals surface area (Å²) in [5.41, 5.74) is 11.8. The number of nitro benzene ring substituents is 2. The molecule has 3 aliphatic rings. The summed E-state index contributed by atoms with van der Waals surface area (Å²) in [6.45, 7) is 0. The third kappa shape index (κ3) is 18.9. The van der Waals surface area contributed by atoms with Crippen molar-refractivity contribution in [2.75, 3.05) is 5.73 Å². The van der Waals surface area contributed by atoms with Crippen LogP contribution in [0.2, 0.25) is 0 Å². The Hall–Kier alpha value is -7.26. The molecule has 21 nitrogen and oxygen atoms in total. The Morgan fingerprint density at radius 2 is 0.921 bits per heavy atom. The van der Waals surface area contributed by atoms with Gasteiger partial charge in [-0.3, -0.25) is 79.3 Å². The number of anilines is 1. The second-order valence-corrected chi connectivity index (χ2v) is 14.4. The van der Waals surface area contributed by atoms with Gasteiger partial charge >= 0.3 is 5.97 Å². The quantitative estimate of drug-likeness (QED) is 0.0507. The third-order valence-electron chi connectivity index (χ3n) is 9.44. The van der Waals surface area contributed by atoms with Crippen molar-refractivity contribution in [1.82, 2.24) is 16.0 Å². The van der Waals surface area contributed by atoms with Gasteiger partial charge in [-0.15, -0.1) is 0 Å². The van der Waals surface area contributed by atoms with Crippen LogP contribution in [0.4, 0.5) is 17.1 Å². The Labute approximate surface area is 365 Å². The number of amides is 6. The van der Waals surface area contributed by atoms with Gasteiger partial charge in [0.15, 0.2) is 6.04 Å². The molecule has 3 heterocycles. The Bertz CT molecular complexity index is 2180. The van der Waals surface area contributed by atoms with Crippen LogP contribution in [0.5, 0.6) is 0 Å². The van der Waals surface area contributed by atoms with E-state index in [1.165, 1.54) is 48.5 Å². The van der Waals surface area contributed by atoms with E-state index in [0.29, 0.717) is 48.9 Å². The second-order valence-electron chi connectivity index (χ2n) is 14.4. The highest BCUT2D eigenvalue weighted by atomic mass is 35.5. The molecule has 3 aromatic rings. The molecule has 3 atom stereocenters. The Morgan fingerprint density at radius 3 is 1.24 bits per heavy atom. The number of carboxylic acid groups (broad SMARTS) is 1. The van der Waals surface area contributed by atoms with Crippen LogP contribution in [0.1, 0.15) is 68.1 Å². The monoisotopic (exact) mass is 895 g/mol. The molecule has 6 rings (SSSR count). The van der Waals surface area contributed by atoms with E-state index in [1.807, 2.05) is 0 Å². The number of non-ortho nitro benzene ring substituents is 2. The molecular formula is C41H46ClN7O14. The summed E-state index contributed by atoms with van der Waals surface area (Å²) >= 11 is 0. The lowest BCUT2D eigenvalue weighted by molar-refractivity contribution is -0.405. The van der Waals surface area contributed by atoms with Gasteiger partial charge in [-0.25, -0.2) is 0 Å². The molecule has 0 saturated carbocycles. The fourth-order valence-corrected chi connectivity index (χ4v) is 6.04. The van der Waals surface area contributed by atoms with E-state index in [0.717, 1.165) is 5.56 Å². The molecule has 22 heteroatoms. The van der Waals surface area contributed by atoms with Gasteiger partial charge in [0.25, 0.3) is 17.3 Å². The molecule has 336 valence electrons. The summed E-state index contributed by atoms with van der Waals surface area (Å²) in [7, 11) is 0. The number of nitrogens with one attached hydrogen (secondary N) is 3. The van der Waals surface area contributed by atoms with Gasteiger partial charge in [-0.2, -0.15) is 0 Å². The summed E-state index contributed by atoms with van der Waals surface area (Å²) in [5, 5.41) is 35.8. The number of halogens is 1. The number of carbonyl (C=O) groups excluding carboxylic acids is 8. The average molecular weight is 896 g/mol. The molecule has 0 spiro atoms. The molecule has 3 aliphatic heterocycles. The van der Waals surface area contributed by atoms with E-state index >= 15 is 0 Å². The first-order valence-electron chi connectivity index (χ1n) is 19.2. The molecule has 9 N–H and O–H groups in total. The molecule has 0 bridgehead atoms. The number of Topliss-reactive ketones (excluding diaryl/α,β-unsaturated/α-hetero) is 2. The summed E-state index contributed by atoms with van der Waals surface area (Å²) in [5.74, 6) is -3.64. The van der Waals surface area contributed by atoms with Gasteiger partial charge in [-0.1, -0.05) is 36.4 Å². The second kappa shape index (κ2) is 25.5. The lowest BCUT2D eigenvalue weighted by atomic mass is 9.91. The highest BCUT2D eigenvalue weighted by Crippen LogP contribution is 2.20.